The third-order valence-corrected chi connectivity index (χ3v) is 6.00. The van der Waals surface area contributed by atoms with Gasteiger partial charge in [-0.25, -0.2) is 13.1 Å². The molecule has 1 aliphatic rings. The van der Waals surface area contributed by atoms with Crippen molar-refractivity contribution in [1.82, 2.24) is 4.72 Å². The highest BCUT2D eigenvalue weighted by molar-refractivity contribution is 7.89. The number of rotatable bonds is 5. The molecule has 0 radical (unpaired) electrons. The zero-order chi connectivity index (χ0) is 18.9. The van der Waals surface area contributed by atoms with Crippen LogP contribution in [0.25, 0.3) is 0 Å². The second-order valence-electron chi connectivity index (χ2n) is 5.91. The Morgan fingerprint density at radius 1 is 1.00 bits per heavy atom. The standard InChI is InChI=1S/C18H21NO6S/c1-23-14-9-8-11(17(24-2)18(14)25-3)10-13-16(20)12-6-4-5-7-15(12)26(21,22)19-13/h4-9,13,16,19-20H,10H2,1-3H3/t13-,16-/m0/s1. The number of nitrogens with one attached hydrogen (secondary N) is 1. The van der Waals surface area contributed by atoms with Gasteiger partial charge in [0, 0.05) is 5.56 Å². The Hall–Kier alpha value is -2.29. The van der Waals surface area contributed by atoms with E-state index >= 15 is 0 Å². The van der Waals surface area contributed by atoms with Crippen LogP contribution in [-0.2, 0) is 16.4 Å². The first kappa shape index (κ1) is 18.5. The van der Waals surface area contributed by atoms with Gasteiger partial charge in [0.2, 0.25) is 15.8 Å². The first-order chi connectivity index (χ1) is 12.4. The summed E-state index contributed by atoms with van der Waals surface area (Å²) in [6.07, 6.45) is -0.759. The van der Waals surface area contributed by atoms with Crippen molar-refractivity contribution in [3.8, 4) is 17.2 Å². The fraction of sp³-hybridized carbons (Fsp3) is 0.333. The summed E-state index contributed by atoms with van der Waals surface area (Å²) in [6.45, 7) is 0. The minimum atomic E-state index is -3.70. The van der Waals surface area contributed by atoms with E-state index in [-0.39, 0.29) is 11.3 Å². The highest BCUT2D eigenvalue weighted by atomic mass is 32.2. The van der Waals surface area contributed by atoms with Crippen molar-refractivity contribution in [2.45, 2.75) is 23.5 Å². The Balaban J connectivity index is 2.00. The lowest BCUT2D eigenvalue weighted by atomic mass is 9.95. The van der Waals surface area contributed by atoms with Gasteiger partial charge in [-0.2, -0.15) is 0 Å². The van der Waals surface area contributed by atoms with E-state index in [1.54, 1.807) is 30.3 Å². The number of aliphatic hydroxyl groups is 1. The summed E-state index contributed by atoms with van der Waals surface area (Å²) in [4.78, 5) is 0.100. The molecule has 0 saturated carbocycles. The molecule has 2 N–H and O–H groups in total. The Morgan fingerprint density at radius 3 is 2.35 bits per heavy atom. The number of benzene rings is 2. The van der Waals surface area contributed by atoms with E-state index < -0.39 is 22.2 Å². The molecule has 0 aliphatic carbocycles. The average Bonchev–Trinajstić information content (AvgIpc) is 2.65. The second-order valence-corrected chi connectivity index (χ2v) is 7.59. The lowest BCUT2D eigenvalue weighted by molar-refractivity contribution is 0.131. The highest BCUT2D eigenvalue weighted by Crippen LogP contribution is 2.41. The van der Waals surface area contributed by atoms with E-state index in [0.717, 1.165) is 0 Å². The Kier molecular flexibility index (Phi) is 5.08. The molecule has 0 aromatic heterocycles. The molecule has 0 unspecified atom stereocenters. The molecule has 0 amide bonds. The summed E-state index contributed by atoms with van der Waals surface area (Å²) >= 11 is 0. The number of ether oxygens (including phenoxy) is 3. The van der Waals surface area contributed by atoms with Crippen molar-refractivity contribution in [3.63, 3.8) is 0 Å². The lowest BCUT2D eigenvalue weighted by Crippen LogP contribution is -2.45. The van der Waals surface area contributed by atoms with Crippen LogP contribution in [0.4, 0.5) is 0 Å². The third-order valence-electron chi connectivity index (χ3n) is 4.44. The Morgan fingerprint density at radius 2 is 1.69 bits per heavy atom. The number of methoxy groups -OCH3 is 3. The van der Waals surface area contributed by atoms with E-state index in [4.69, 9.17) is 14.2 Å². The first-order valence-corrected chi connectivity index (χ1v) is 9.48. The third kappa shape index (κ3) is 3.11. The van der Waals surface area contributed by atoms with Gasteiger partial charge in [0.15, 0.2) is 11.5 Å². The van der Waals surface area contributed by atoms with Crippen molar-refractivity contribution in [3.05, 3.63) is 47.5 Å². The van der Waals surface area contributed by atoms with Crippen LogP contribution < -0.4 is 18.9 Å². The predicted octanol–water partition coefficient (Wildman–Crippen LogP) is 1.65. The quantitative estimate of drug-likeness (QED) is 0.820. The van der Waals surface area contributed by atoms with Crippen molar-refractivity contribution < 1.29 is 27.7 Å². The smallest absolute Gasteiger partial charge is 0.241 e. The lowest BCUT2D eigenvalue weighted by Gasteiger charge is -2.31. The highest BCUT2D eigenvalue weighted by Gasteiger charge is 2.36. The van der Waals surface area contributed by atoms with Crippen LogP contribution in [0.5, 0.6) is 17.2 Å². The summed E-state index contributed by atoms with van der Waals surface area (Å²) in [5, 5.41) is 10.7. The molecule has 2 aromatic carbocycles. The number of hydrogen-bond donors (Lipinski definition) is 2. The number of aliphatic hydroxyl groups excluding tert-OH is 1. The molecular formula is C18H21NO6S. The molecule has 0 saturated heterocycles. The number of sulfonamides is 1. The van der Waals surface area contributed by atoms with Crippen LogP contribution in [0.1, 0.15) is 17.2 Å². The fourth-order valence-electron chi connectivity index (χ4n) is 3.23. The maximum atomic E-state index is 12.5. The van der Waals surface area contributed by atoms with Gasteiger partial charge >= 0.3 is 0 Å². The average molecular weight is 379 g/mol. The van der Waals surface area contributed by atoms with Crippen LogP contribution in [0.3, 0.4) is 0 Å². The minimum absolute atomic E-state index is 0.100. The molecule has 0 fully saturated rings. The Labute approximate surface area is 152 Å². The first-order valence-electron chi connectivity index (χ1n) is 8.00. The molecule has 0 bridgehead atoms. The fourth-order valence-corrected chi connectivity index (χ4v) is 4.72. The molecule has 8 heteroatoms. The SMILES string of the molecule is COc1ccc(C[C@@H]2NS(=O)(=O)c3ccccc3[C@@H]2O)c(OC)c1OC. The van der Waals surface area contributed by atoms with Gasteiger partial charge in [-0.15, -0.1) is 0 Å². The zero-order valence-electron chi connectivity index (χ0n) is 14.7. The van der Waals surface area contributed by atoms with Crippen LogP contribution >= 0.6 is 0 Å². The molecule has 0 spiro atoms. The number of hydrogen-bond acceptors (Lipinski definition) is 6. The van der Waals surface area contributed by atoms with E-state index in [2.05, 4.69) is 4.72 Å². The van der Waals surface area contributed by atoms with Gasteiger partial charge in [0.05, 0.1) is 38.4 Å². The van der Waals surface area contributed by atoms with Gasteiger partial charge < -0.3 is 19.3 Å². The molecule has 3 rings (SSSR count). The van der Waals surface area contributed by atoms with E-state index in [1.165, 1.54) is 27.4 Å². The van der Waals surface area contributed by atoms with Crippen LogP contribution in [0, 0.1) is 0 Å². The van der Waals surface area contributed by atoms with Crippen molar-refractivity contribution in [2.75, 3.05) is 21.3 Å². The topological polar surface area (TPSA) is 94.1 Å². The van der Waals surface area contributed by atoms with E-state index in [1.807, 2.05) is 0 Å². The van der Waals surface area contributed by atoms with Crippen molar-refractivity contribution in [2.24, 2.45) is 0 Å². The maximum absolute atomic E-state index is 12.5. The predicted molar refractivity (Wildman–Crippen MR) is 95.3 cm³/mol. The summed E-state index contributed by atoms with van der Waals surface area (Å²) in [7, 11) is 0.818. The summed E-state index contributed by atoms with van der Waals surface area (Å²) in [5.41, 5.74) is 1.08. The molecule has 2 aromatic rings. The van der Waals surface area contributed by atoms with Gasteiger partial charge in [-0.3, -0.25) is 0 Å². The summed E-state index contributed by atoms with van der Waals surface area (Å²) in [6, 6.07) is 9.18. The van der Waals surface area contributed by atoms with Crippen molar-refractivity contribution >= 4 is 10.0 Å². The van der Waals surface area contributed by atoms with E-state index in [0.29, 0.717) is 28.4 Å². The molecule has 1 heterocycles. The molecule has 7 nitrogen and oxygen atoms in total. The van der Waals surface area contributed by atoms with Crippen molar-refractivity contribution in [1.29, 1.82) is 0 Å². The minimum Gasteiger partial charge on any atom is -0.493 e. The monoisotopic (exact) mass is 379 g/mol. The number of fused-ring (bicyclic) bond motifs is 1. The van der Waals surface area contributed by atoms with Gasteiger partial charge in [0.1, 0.15) is 0 Å². The maximum Gasteiger partial charge on any atom is 0.241 e. The van der Waals surface area contributed by atoms with Crippen LogP contribution in [-0.4, -0.2) is 40.9 Å². The van der Waals surface area contributed by atoms with Gasteiger partial charge in [0.25, 0.3) is 0 Å². The molecule has 26 heavy (non-hydrogen) atoms. The summed E-state index contributed by atoms with van der Waals surface area (Å²) in [5.74, 6) is 1.36. The molecule has 140 valence electrons. The normalized spacial score (nSPS) is 20.9. The van der Waals surface area contributed by atoms with Crippen LogP contribution in [0.2, 0.25) is 0 Å². The van der Waals surface area contributed by atoms with Gasteiger partial charge in [-0.1, -0.05) is 24.3 Å². The molecule has 2 atom stereocenters. The second kappa shape index (κ2) is 7.14. The Bertz CT molecular complexity index is 912. The molecular weight excluding hydrogens is 358 g/mol. The molecule has 1 aliphatic heterocycles. The largest absolute Gasteiger partial charge is 0.493 e. The zero-order valence-corrected chi connectivity index (χ0v) is 15.5. The van der Waals surface area contributed by atoms with Gasteiger partial charge in [-0.05, 0) is 24.1 Å². The summed E-state index contributed by atoms with van der Waals surface area (Å²) < 4.78 is 43.6. The van der Waals surface area contributed by atoms with E-state index in [9.17, 15) is 13.5 Å². The van der Waals surface area contributed by atoms with Crippen LogP contribution in [0.15, 0.2) is 41.3 Å².